The van der Waals surface area contributed by atoms with Gasteiger partial charge in [-0.05, 0) is 33.6 Å². The van der Waals surface area contributed by atoms with E-state index < -0.39 is 48.9 Å². The van der Waals surface area contributed by atoms with Crippen molar-refractivity contribution in [3.05, 3.63) is 0 Å². The minimum absolute atomic E-state index is 0.163. The molecule has 0 bridgehead atoms. The van der Waals surface area contributed by atoms with Crippen molar-refractivity contribution in [2.24, 2.45) is 5.84 Å². The van der Waals surface area contributed by atoms with E-state index in [1.54, 1.807) is 20.8 Å². The normalized spacial score (nSPS) is 26.4. The standard InChI is InChI=1S/C20H39N3O8/c1-20(2,3)31-19(28)22-15-17(27)16(26)13(12-24)30-18(15)29-11-9-7-5-4-6-8-10-14(25)23-21/h13,15-18,24,26-27H,4-12,21H2,1-3H3,(H,22,28)(H,23,25)/t13-,15-,16-,17-,18+/m1/s1. The quantitative estimate of drug-likeness (QED) is 0.104. The number of rotatable bonds is 12. The molecule has 0 unspecified atom stereocenters. The topological polar surface area (TPSA) is 173 Å². The Bertz CT molecular complexity index is 543. The Hall–Kier alpha value is -1.50. The fraction of sp³-hybridized carbons (Fsp3) is 0.900. The van der Waals surface area contributed by atoms with Crippen molar-refractivity contribution in [3.8, 4) is 0 Å². The van der Waals surface area contributed by atoms with E-state index in [0.29, 0.717) is 13.0 Å². The molecule has 1 heterocycles. The van der Waals surface area contributed by atoms with E-state index >= 15 is 0 Å². The van der Waals surface area contributed by atoms with Crippen LogP contribution in [0.4, 0.5) is 4.79 Å². The second kappa shape index (κ2) is 13.8. The number of nitrogens with one attached hydrogen (secondary N) is 2. The Balaban J connectivity index is 2.44. The number of ether oxygens (including phenoxy) is 3. The van der Waals surface area contributed by atoms with Crippen molar-refractivity contribution in [2.45, 2.75) is 102 Å². The summed E-state index contributed by atoms with van der Waals surface area (Å²) in [7, 11) is 0. The van der Waals surface area contributed by atoms with Crippen LogP contribution in [-0.4, -0.2) is 76.8 Å². The Morgan fingerprint density at radius 2 is 1.65 bits per heavy atom. The van der Waals surface area contributed by atoms with Gasteiger partial charge in [-0.2, -0.15) is 0 Å². The first-order chi connectivity index (χ1) is 14.6. The molecule has 11 nitrogen and oxygen atoms in total. The molecule has 0 aliphatic carbocycles. The first-order valence-electron chi connectivity index (χ1n) is 10.8. The molecule has 1 aliphatic heterocycles. The molecule has 0 aromatic heterocycles. The average Bonchev–Trinajstić information content (AvgIpc) is 2.69. The maximum atomic E-state index is 12.1. The van der Waals surface area contributed by atoms with Crippen molar-refractivity contribution < 1.29 is 39.1 Å². The summed E-state index contributed by atoms with van der Waals surface area (Å²) >= 11 is 0. The monoisotopic (exact) mass is 449 g/mol. The van der Waals surface area contributed by atoms with E-state index in [9.17, 15) is 24.9 Å². The molecule has 1 aliphatic rings. The summed E-state index contributed by atoms with van der Waals surface area (Å²) in [6, 6.07) is -1.05. The van der Waals surface area contributed by atoms with Crippen LogP contribution in [0, 0.1) is 0 Å². The lowest BCUT2D eigenvalue weighted by Crippen LogP contribution is -2.65. The molecule has 0 spiro atoms. The number of carbonyl (C=O) groups excluding carboxylic acids is 2. The average molecular weight is 450 g/mol. The van der Waals surface area contributed by atoms with Gasteiger partial charge in [0.1, 0.15) is 30.0 Å². The molecular weight excluding hydrogens is 410 g/mol. The van der Waals surface area contributed by atoms with Gasteiger partial charge in [0, 0.05) is 13.0 Å². The van der Waals surface area contributed by atoms with E-state index in [4.69, 9.17) is 20.1 Å². The minimum atomic E-state index is -1.39. The predicted octanol–water partition coefficient (Wildman–Crippen LogP) is 0.0559. The molecule has 0 aromatic carbocycles. The van der Waals surface area contributed by atoms with Gasteiger partial charge < -0.3 is 34.8 Å². The van der Waals surface area contributed by atoms with Crippen LogP contribution >= 0.6 is 0 Å². The van der Waals surface area contributed by atoms with E-state index in [1.807, 2.05) is 0 Å². The van der Waals surface area contributed by atoms with Gasteiger partial charge in [-0.3, -0.25) is 10.2 Å². The molecule has 11 heteroatoms. The maximum Gasteiger partial charge on any atom is 0.408 e. The highest BCUT2D eigenvalue weighted by atomic mass is 16.7. The lowest BCUT2D eigenvalue weighted by atomic mass is 9.97. The highest BCUT2D eigenvalue weighted by Gasteiger charge is 2.46. The van der Waals surface area contributed by atoms with E-state index in [1.165, 1.54) is 0 Å². The van der Waals surface area contributed by atoms with Crippen molar-refractivity contribution >= 4 is 12.0 Å². The number of hydrogen-bond acceptors (Lipinski definition) is 9. The number of hydrogen-bond donors (Lipinski definition) is 6. The zero-order valence-corrected chi connectivity index (χ0v) is 18.7. The van der Waals surface area contributed by atoms with Crippen LogP contribution in [-0.2, 0) is 19.0 Å². The largest absolute Gasteiger partial charge is 0.444 e. The molecule has 0 aromatic rings. The molecule has 1 rings (SSSR count). The van der Waals surface area contributed by atoms with Gasteiger partial charge in [-0.15, -0.1) is 0 Å². The third-order valence-electron chi connectivity index (χ3n) is 4.81. The Kier molecular flexibility index (Phi) is 12.3. The fourth-order valence-corrected chi connectivity index (χ4v) is 3.19. The first-order valence-corrected chi connectivity index (χ1v) is 10.8. The summed E-state index contributed by atoms with van der Waals surface area (Å²) in [5, 5.41) is 32.4. The number of alkyl carbamates (subject to hydrolysis) is 1. The van der Waals surface area contributed by atoms with E-state index in [2.05, 4.69) is 10.7 Å². The third kappa shape index (κ3) is 10.6. The lowest BCUT2D eigenvalue weighted by molar-refractivity contribution is -0.269. The SMILES string of the molecule is CC(C)(C)OC(=O)N[C@H]1[C@@H](OCCCCCCCCC(=O)NN)O[C@H](CO)[C@@H](O)[C@@H]1O. The van der Waals surface area contributed by atoms with Gasteiger partial charge in [0.05, 0.1) is 6.61 Å². The van der Waals surface area contributed by atoms with Gasteiger partial charge in [0.2, 0.25) is 5.91 Å². The van der Waals surface area contributed by atoms with Crippen LogP contribution in [0.2, 0.25) is 0 Å². The maximum absolute atomic E-state index is 12.1. The van der Waals surface area contributed by atoms with Crippen LogP contribution in [0.1, 0.15) is 65.7 Å². The number of nitrogens with two attached hydrogens (primary N) is 1. The number of unbranched alkanes of at least 4 members (excludes halogenated alkanes) is 5. The fourth-order valence-electron chi connectivity index (χ4n) is 3.19. The summed E-state index contributed by atoms with van der Waals surface area (Å²) in [5.41, 5.74) is 1.37. The third-order valence-corrected chi connectivity index (χ3v) is 4.81. The Morgan fingerprint density at radius 1 is 1.03 bits per heavy atom. The molecule has 5 atom stereocenters. The zero-order valence-electron chi connectivity index (χ0n) is 18.7. The summed E-state index contributed by atoms with van der Waals surface area (Å²) < 4.78 is 16.5. The number of aliphatic hydroxyl groups excluding tert-OH is 3. The molecule has 2 amide bonds. The van der Waals surface area contributed by atoms with Gasteiger partial charge in [0.25, 0.3) is 0 Å². The van der Waals surface area contributed by atoms with Crippen molar-refractivity contribution in [1.29, 1.82) is 0 Å². The molecule has 182 valence electrons. The molecule has 1 fully saturated rings. The molecule has 0 saturated carbocycles. The number of amides is 2. The Morgan fingerprint density at radius 3 is 2.23 bits per heavy atom. The second-order valence-electron chi connectivity index (χ2n) is 8.69. The minimum Gasteiger partial charge on any atom is -0.444 e. The van der Waals surface area contributed by atoms with Crippen molar-refractivity contribution in [1.82, 2.24) is 10.7 Å². The van der Waals surface area contributed by atoms with Crippen LogP contribution in [0.5, 0.6) is 0 Å². The van der Waals surface area contributed by atoms with Gasteiger partial charge in [-0.1, -0.05) is 25.7 Å². The Labute approximate surface area is 183 Å². The predicted molar refractivity (Wildman–Crippen MR) is 112 cm³/mol. The van der Waals surface area contributed by atoms with Crippen molar-refractivity contribution in [2.75, 3.05) is 13.2 Å². The van der Waals surface area contributed by atoms with Gasteiger partial charge >= 0.3 is 6.09 Å². The second-order valence-corrected chi connectivity index (χ2v) is 8.69. The summed E-state index contributed by atoms with van der Waals surface area (Å²) in [6.45, 7) is 4.93. The molecular formula is C20H39N3O8. The van der Waals surface area contributed by atoms with Crippen LogP contribution in [0.25, 0.3) is 0 Å². The summed E-state index contributed by atoms with van der Waals surface area (Å²) in [5.74, 6) is 4.87. The highest BCUT2D eigenvalue weighted by molar-refractivity contribution is 5.75. The highest BCUT2D eigenvalue weighted by Crippen LogP contribution is 2.23. The van der Waals surface area contributed by atoms with Crippen LogP contribution < -0.4 is 16.6 Å². The number of carbonyl (C=O) groups is 2. The van der Waals surface area contributed by atoms with Crippen molar-refractivity contribution in [3.63, 3.8) is 0 Å². The van der Waals surface area contributed by atoms with Crippen LogP contribution in [0.3, 0.4) is 0 Å². The molecule has 0 radical (unpaired) electrons. The molecule has 7 N–H and O–H groups in total. The summed E-state index contributed by atoms with van der Waals surface area (Å²) in [4.78, 5) is 23.2. The van der Waals surface area contributed by atoms with E-state index in [-0.39, 0.29) is 5.91 Å². The van der Waals surface area contributed by atoms with Crippen LogP contribution in [0.15, 0.2) is 0 Å². The lowest BCUT2D eigenvalue weighted by Gasteiger charge is -2.42. The summed E-state index contributed by atoms with van der Waals surface area (Å²) in [6.07, 6.45) is 0.106. The number of hydrazine groups is 1. The first kappa shape index (κ1) is 27.5. The van der Waals surface area contributed by atoms with E-state index in [0.717, 1.165) is 38.5 Å². The van der Waals surface area contributed by atoms with Gasteiger partial charge in [0.15, 0.2) is 6.29 Å². The number of aliphatic hydroxyl groups is 3. The smallest absolute Gasteiger partial charge is 0.408 e. The zero-order chi connectivity index (χ0) is 23.4. The molecule has 31 heavy (non-hydrogen) atoms. The van der Waals surface area contributed by atoms with Gasteiger partial charge in [-0.25, -0.2) is 10.6 Å². The molecule has 1 saturated heterocycles.